The normalized spacial score (nSPS) is 17.4. The lowest BCUT2D eigenvalue weighted by atomic mass is 10.2. The van der Waals surface area contributed by atoms with Gasteiger partial charge < -0.3 is 16.0 Å². The molecular formula is C16H22ClN3O2. The second-order valence-electron chi connectivity index (χ2n) is 5.94. The van der Waals surface area contributed by atoms with Gasteiger partial charge in [0.1, 0.15) is 0 Å². The highest BCUT2D eigenvalue weighted by Crippen LogP contribution is 2.32. The summed E-state index contributed by atoms with van der Waals surface area (Å²) in [7, 11) is 0. The van der Waals surface area contributed by atoms with Crippen LogP contribution >= 0.6 is 12.4 Å². The molecule has 0 unspecified atom stereocenters. The fraction of sp³-hybridized carbons (Fsp3) is 0.500. The van der Waals surface area contributed by atoms with E-state index in [0.717, 1.165) is 31.5 Å². The van der Waals surface area contributed by atoms with E-state index in [0.29, 0.717) is 19.4 Å². The van der Waals surface area contributed by atoms with Crippen molar-refractivity contribution in [3.63, 3.8) is 0 Å². The number of para-hydroxylation sites is 1. The number of benzene rings is 1. The molecule has 0 aromatic heterocycles. The SMILES string of the molecule is Cl.NC1(C(=O)NCCCC(=O)N2CCc3ccccc32)CC1. The number of carbonyl (C=O) groups is 2. The lowest BCUT2D eigenvalue weighted by Crippen LogP contribution is -2.43. The molecule has 0 atom stereocenters. The van der Waals surface area contributed by atoms with Crippen molar-refractivity contribution in [2.45, 2.75) is 37.6 Å². The number of amides is 2. The molecule has 1 saturated carbocycles. The minimum Gasteiger partial charge on any atom is -0.354 e. The molecule has 0 saturated heterocycles. The van der Waals surface area contributed by atoms with Crippen LogP contribution in [0.2, 0.25) is 0 Å². The standard InChI is InChI=1S/C16H21N3O2.ClH/c17-16(8-9-16)15(21)18-10-3-6-14(20)19-11-7-12-4-1-2-5-13(12)19;/h1-2,4-5H,3,6-11,17H2,(H,18,21);1H. The number of nitrogens with one attached hydrogen (secondary N) is 1. The van der Waals surface area contributed by atoms with Crippen molar-refractivity contribution in [3.8, 4) is 0 Å². The van der Waals surface area contributed by atoms with Gasteiger partial charge in [0, 0.05) is 25.2 Å². The van der Waals surface area contributed by atoms with E-state index in [1.165, 1.54) is 5.56 Å². The van der Waals surface area contributed by atoms with Gasteiger partial charge in [-0.2, -0.15) is 0 Å². The van der Waals surface area contributed by atoms with Gasteiger partial charge in [-0.3, -0.25) is 9.59 Å². The third kappa shape index (κ3) is 3.42. The molecule has 120 valence electrons. The molecule has 3 N–H and O–H groups in total. The molecule has 2 aliphatic rings. The third-order valence-corrected chi connectivity index (χ3v) is 4.28. The molecule has 0 spiro atoms. The number of nitrogens with zero attached hydrogens (tertiary/aromatic N) is 1. The van der Waals surface area contributed by atoms with Crippen LogP contribution < -0.4 is 16.0 Å². The van der Waals surface area contributed by atoms with E-state index >= 15 is 0 Å². The van der Waals surface area contributed by atoms with E-state index in [-0.39, 0.29) is 24.2 Å². The molecular weight excluding hydrogens is 302 g/mol. The Bertz CT molecular complexity index is 572. The van der Waals surface area contributed by atoms with Crippen molar-refractivity contribution in [2.24, 2.45) is 5.73 Å². The minimum atomic E-state index is -0.627. The Morgan fingerprint density at radius 3 is 2.73 bits per heavy atom. The number of hydrogen-bond donors (Lipinski definition) is 2. The maximum atomic E-state index is 12.3. The molecule has 1 heterocycles. The summed E-state index contributed by atoms with van der Waals surface area (Å²) in [4.78, 5) is 25.8. The number of halogens is 1. The molecule has 1 aliphatic heterocycles. The monoisotopic (exact) mass is 323 g/mol. The van der Waals surface area contributed by atoms with Crippen molar-refractivity contribution < 1.29 is 9.59 Å². The van der Waals surface area contributed by atoms with Gasteiger partial charge in [0.05, 0.1) is 5.54 Å². The average molecular weight is 324 g/mol. The summed E-state index contributed by atoms with van der Waals surface area (Å²) in [5.74, 6) is 0.0459. The van der Waals surface area contributed by atoms with Gasteiger partial charge in [0.2, 0.25) is 11.8 Å². The summed E-state index contributed by atoms with van der Waals surface area (Å²) >= 11 is 0. The van der Waals surface area contributed by atoms with E-state index in [1.807, 2.05) is 23.1 Å². The zero-order valence-electron chi connectivity index (χ0n) is 12.5. The summed E-state index contributed by atoms with van der Waals surface area (Å²) in [5.41, 5.74) is 7.44. The van der Waals surface area contributed by atoms with Gasteiger partial charge in [0.15, 0.2) is 0 Å². The van der Waals surface area contributed by atoms with Gasteiger partial charge in [-0.25, -0.2) is 0 Å². The zero-order valence-corrected chi connectivity index (χ0v) is 13.3. The smallest absolute Gasteiger partial charge is 0.240 e. The molecule has 22 heavy (non-hydrogen) atoms. The van der Waals surface area contributed by atoms with E-state index in [2.05, 4.69) is 11.4 Å². The number of hydrogen-bond acceptors (Lipinski definition) is 3. The number of anilines is 1. The number of carbonyl (C=O) groups excluding carboxylic acids is 2. The summed E-state index contributed by atoms with van der Waals surface area (Å²) in [6.07, 6.45) is 3.56. The lowest BCUT2D eigenvalue weighted by molar-refractivity contribution is -0.123. The second-order valence-corrected chi connectivity index (χ2v) is 5.94. The Labute approximate surface area is 136 Å². The average Bonchev–Trinajstić information content (AvgIpc) is 3.10. The molecule has 1 aliphatic carbocycles. The predicted molar refractivity (Wildman–Crippen MR) is 88.1 cm³/mol. The predicted octanol–water partition coefficient (Wildman–Crippen LogP) is 1.39. The number of nitrogens with two attached hydrogens (primary N) is 1. The summed E-state index contributed by atoms with van der Waals surface area (Å²) < 4.78 is 0. The second kappa shape index (κ2) is 6.67. The lowest BCUT2D eigenvalue weighted by Gasteiger charge is -2.17. The maximum absolute atomic E-state index is 12.3. The fourth-order valence-electron chi connectivity index (χ4n) is 2.71. The molecule has 3 rings (SSSR count). The van der Waals surface area contributed by atoms with Crippen molar-refractivity contribution in [2.75, 3.05) is 18.0 Å². The van der Waals surface area contributed by atoms with Gasteiger partial charge in [-0.05, 0) is 37.3 Å². The topological polar surface area (TPSA) is 75.4 Å². The first-order valence-electron chi connectivity index (χ1n) is 7.56. The first-order valence-corrected chi connectivity index (χ1v) is 7.56. The zero-order chi connectivity index (χ0) is 14.9. The van der Waals surface area contributed by atoms with Crippen LogP contribution in [0.25, 0.3) is 0 Å². The van der Waals surface area contributed by atoms with Gasteiger partial charge in [-0.15, -0.1) is 12.4 Å². The van der Waals surface area contributed by atoms with Crippen molar-refractivity contribution in [1.29, 1.82) is 0 Å². The minimum absolute atomic E-state index is 0. The maximum Gasteiger partial charge on any atom is 0.240 e. The van der Waals surface area contributed by atoms with Crippen molar-refractivity contribution >= 4 is 29.9 Å². The first kappa shape index (κ1) is 16.8. The Balaban J connectivity index is 0.00000176. The van der Waals surface area contributed by atoms with E-state index in [4.69, 9.17) is 5.73 Å². The fourth-order valence-corrected chi connectivity index (χ4v) is 2.71. The molecule has 1 fully saturated rings. The summed E-state index contributed by atoms with van der Waals surface area (Å²) in [5, 5.41) is 2.82. The van der Waals surface area contributed by atoms with E-state index in [9.17, 15) is 9.59 Å². The Morgan fingerprint density at radius 1 is 1.27 bits per heavy atom. The highest BCUT2D eigenvalue weighted by molar-refractivity contribution is 5.95. The van der Waals surface area contributed by atoms with Gasteiger partial charge >= 0.3 is 0 Å². The summed E-state index contributed by atoms with van der Waals surface area (Å²) in [6, 6.07) is 8.02. The van der Waals surface area contributed by atoms with E-state index in [1.54, 1.807) is 0 Å². The van der Waals surface area contributed by atoms with Crippen LogP contribution in [-0.4, -0.2) is 30.4 Å². The number of rotatable bonds is 5. The quantitative estimate of drug-likeness (QED) is 0.804. The van der Waals surface area contributed by atoms with Crippen LogP contribution in [0.5, 0.6) is 0 Å². The van der Waals surface area contributed by atoms with Crippen molar-refractivity contribution in [1.82, 2.24) is 5.32 Å². The van der Waals surface area contributed by atoms with E-state index < -0.39 is 5.54 Å². The van der Waals surface area contributed by atoms with Crippen LogP contribution in [-0.2, 0) is 16.0 Å². The highest BCUT2D eigenvalue weighted by atomic mass is 35.5. The third-order valence-electron chi connectivity index (χ3n) is 4.28. The van der Waals surface area contributed by atoms with Crippen LogP contribution in [0.3, 0.4) is 0 Å². The Hall–Kier alpha value is -1.59. The van der Waals surface area contributed by atoms with Gasteiger partial charge in [-0.1, -0.05) is 18.2 Å². The Kier molecular flexibility index (Phi) is 5.08. The van der Waals surface area contributed by atoms with Crippen molar-refractivity contribution in [3.05, 3.63) is 29.8 Å². The molecule has 5 nitrogen and oxygen atoms in total. The van der Waals surface area contributed by atoms with Gasteiger partial charge in [0.25, 0.3) is 0 Å². The largest absolute Gasteiger partial charge is 0.354 e. The number of fused-ring (bicyclic) bond motifs is 1. The first-order chi connectivity index (χ1) is 10.1. The molecule has 0 bridgehead atoms. The molecule has 6 heteroatoms. The molecule has 2 amide bonds. The Morgan fingerprint density at radius 2 is 2.00 bits per heavy atom. The van der Waals surface area contributed by atoms with Crippen LogP contribution in [0.1, 0.15) is 31.2 Å². The molecule has 0 radical (unpaired) electrons. The molecule has 1 aromatic rings. The van der Waals surface area contributed by atoms with Crippen LogP contribution in [0.15, 0.2) is 24.3 Å². The molecule has 1 aromatic carbocycles. The van der Waals surface area contributed by atoms with Crippen LogP contribution in [0.4, 0.5) is 5.69 Å². The van der Waals surface area contributed by atoms with Crippen LogP contribution in [0, 0.1) is 0 Å². The summed E-state index contributed by atoms with van der Waals surface area (Å²) in [6.45, 7) is 1.27. The highest BCUT2D eigenvalue weighted by Gasteiger charge is 2.45.